The highest BCUT2D eigenvalue weighted by Gasteiger charge is 2.08. The smallest absolute Gasteiger partial charge is 0.243 e. The van der Waals surface area contributed by atoms with E-state index in [2.05, 4.69) is 83.5 Å². The van der Waals surface area contributed by atoms with Gasteiger partial charge in [-0.3, -0.25) is 14.4 Å². The van der Waals surface area contributed by atoms with E-state index in [0.717, 1.165) is 49.6 Å². The minimum atomic E-state index is -0.252. The molecule has 0 heterocycles. The molecule has 0 radical (unpaired) electrons. The Morgan fingerprint density at radius 3 is 1.36 bits per heavy atom. The van der Waals surface area contributed by atoms with Gasteiger partial charge in [-0.15, -0.1) is 0 Å². The second-order valence-electron chi connectivity index (χ2n) is 14.5. The summed E-state index contributed by atoms with van der Waals surface area (Å²) in [5.41, 5.74) is 4.22. The average Bonchev–Trinajstić information content (AvgIpc) is 3.05. The number of carbonyl (C=O) groups excluding carboxylic acids is 3. The summed E-state index contributed by atoms with van der Waals surface area (Å²) in [7, 11) is 0. The van der Waals surface area contributed by atoms with Gasteiger partial charge in [-0.1, -0.05) is 79.7 Å². The fourth-order valence-corrected chi connectivity index (χ4v) is 4.50. The van der Waals surface area contributed by atoms with E-state index in [4.69, 9.17) is 14.2 Å². The Bertz CT molecular complexity index is 1180. The normalized spacial score (nSPS) is 11.1. The molecule has 2 aromatic rings. The van der Waals surface area contributed by atoms with Crippen LogP contribution in [-0.2, 0) is 41.4 Å². The van der Waals surface area contributed by atoms with Gasteiger partial charge in [-0.05, 0) is 91.2 Å². The maximum atomic E-state index is 12.0. The van der Waals surface area contributed by atoms with Gasteiger partial charge in [0.1, 0.15) is 0 Å². The Kier molecular flexibility index (Phi) is 24.6. The topological polar surface area (TPSA) is 115 Å². The molecular formula is C41H67N3O6. The number of carbonyl (C=O) groups is 3. The third-order valence-electron chi connectivity index (χ3n) is 7.59. The largest absolute Gasteiger partial charge is 0.379 e. The molecule has 0 aliphatic carbocycles. The summed E-state index contributed by atoms with van der Waals surface area (Å²) in [6, 6.07) is 16.0. The molecular weight excluding hydrogens is 630 g/mol. The minimum absolute atomic E-state index is 0.0617. The van der Waals surface area contributed by atoms with E-state index >= 15 is 0 Å². The zero-order valence-electron chi connectivity index (χ0n) is 32.3. The lowest BCUT2D eigenvalue weighted by atomic mass is 10.0. The Morgan fingerprint density at radius 2 is 0.920 bits per heavy atom. The molecule has 2 rings (SSSR count). The molecule has 0 saturated carbocycles. The fourth-order valence-electron chi connectivity index (χ4n) is 4.50. The van der Waals surface area contributed by atoms with Crippen molar-refractivity contribution in [2.45, 2.75) is 100 Å². The zero-order chi connectivity index (χ0) is 37.1. The lowest BCUT2D eigenvalue weighted by molar-refractivity contribution is -0.125. The van der Waals surface area contributed by atoms with Crippen molar-refractivity contribution in [3.05, 3.63) is 59.7 Å². The van der Waals surface area contributed by atoms with Crippen LogP contribution in [0.15, 0.2) is 48.5 Å². The van der Waals surface area contributed by atoms with Crippen LogP contribution in [-0.4, -0.2) is 63.9 Å². The van der Waals surface area contributed by atoms with E-state index in [0.29, 0.717) is 57.2 Å². The molecule has 0 saturated heterocycles. The number of hydrogen-bond acceptors (Lipinski definition) is 6. The maximum absolute atomic E-state index is 12.0. The molecule has 0 bridgehead atoms. The monoisotopic (exact) mass is 698 g/mol. The summed E-state index contributed by atoms with van der Waals surface area (Å²) >= 11 is 0. The number of aryl methyl sites for hydroxylation is 2. The Morgan fingerprint density at radius 1 is 0.500 bits per heavy atom. The highest BCUT2D eigenvalue weighted by atomic mass is 16.5. The molecule has 50 heavy (non-hydrogen) atoms. The second kappa shape index (κ2) is 27.5. The molecule has 0 spiro atoms. The van der Waals surface area contributed by atoms with E-state index in [9.17, 15) is 14.4 Å². The Balaban J connectivity index is 0.000000585. The van der Waals surface area contributed by atoms with Crippen molar-refractivity contribution >= 4 is 29.1 Å². The van der Waals surface area contributed by atoms with Gasteiger partial charge in [0.05, 0.1) is 39.6 Å². The number of benzene rings is 2. The van der Waals surface area contributed by atoms with Crippen LogP contribution in [0, 0.1) is 23.7 Å². The molecule has 3 N–H and O–H groups in total. The van der Waals surface area contributed by atoms with Crippen LogP contribution in [0.5, 0.6) is 0 Å². The third kappa shape index (κ3) is 25.7. The van der Waals surface area contributed by atoms with Gasteiger partial charge in [0.15, 0.2) is 0 Å². The standard InChI is InChI=1S/C25H42N2O5.C16H25NO/c1-20(2)5-6-22-7-9-23(10-8-22)27-25(29)19-26-24(28)12-14-31-16-18-32-17-15-30-13-11-21(3)4;1-12(2)5-6-14-7-9-15(10-8-14)17-16(18)11-13(3)4/h7-10,20-21H,5-6,11-19H2,1-4H3,(H,26,28)(H,27,29);7-10,12-13H,5-6,11H2,1-4H3,(H,17,18). The van der Waals surface area contributed by atoms with Crippen LogP contribution >= 0.6 is 0 Å². The van der Waals surface area contributed by atoms with Crippen molar-refractivity contribution in [1.82, 2.24) is 5.32 Å². The summed E-state index contributed by atoms with van der Waals surface area (Å²) in [4.78, 5) is 35.5. The molecule has 9 nitrogen and oxygen atoms in total. The highest BCUT2D eigenvalue weighted by Crippen LogP contribution is 2.15. The summed E-state index contributed by atoms with van der Waals surface area (Å²) in [5.74, 6) is 2.07. The van der Waals surface area contributed by atoms with Gasteiger partial charge in [0.25, 0.3) is 0 Å². The number of hydrogen-bond donors (Lipinski definition) is 3. The van der Waals surface area contributed by atoms with Crippen LogP contribution in [0.25, 0.3) is 0 Å². The van der Waals surface area contributed by atoms with E-state index < -0.39 is 0 Å². The lowest BCUT2D eigenvalue weighted by Crippen LogP contribution is -2.33. The van der Waals surface area contributed by atoms with Gasteiger partial charge in [-0.2, -0.15) is 0 Å². The Hall–Kier alpha value is -3.27. The summed E-state index contributed by atoms with van der Waals surface area (Å²) in [6.45, 7) is 20.3. The van der Waals surface area contributed by atoms with E-state index in [1.165, 1.54) is 17.5 Å². The number of nitrogens with one attached hydrogen (secondary N) is 3. The van der Waals surface area contributed by atoms with Crippen LogP contribution in [0.4, 0.5) is 11.4 Å². The summed E-state index contributed by atoms with van der Waals surface area (Å²) in [6.07, 6.45) is 6.33. The van der Waals surface area contributed by atoms with Gasteiger partial charge in [0.2, 0.25) is 17.7 Å². The van der Waals surface area contributed by atoms with E-state index in [1.807, 2.05) is 36.4 Å². The fraction of sp³-hybridized carbons (Fsp3) is 0.634. The molecule has 9 heteroatoms. The molecule has 3 amide bonds. The van der Waals surface area contributed by atoms with Crippen molar-refractivity contribution in [2.75, 3.05) is 56.8 Å². The number of amides is 3. The SMILES string of the molecule is CC(C)CCOCCOCCOCCC(=O)NCC(=O)Nc1ccc(CCC(C)C)cc1.CC(C)CCc1ccc(NC(=O)CC(C)C)cc1. The number of ether oxygens (including phenoxy) is 3. The van der Waals surface area contributed by atoms with Gasteiger partial charge >= 0.3 is 0 Å². The number of rotatable bonds is 24. The van der Waals surface area contributed by atoms with Crippen molar-refractivity contribution in [3.63, 3.8) is 0 Å². The highest BCUT2D eigenvalue weighted by molar-refractivity contribution is 5.94. The number of anilines is 2. The van der Waals surface area contributed by atoms with Gasteiger partial charge in [-0.25, -0.2) is 0 Å². The molecule has 0 aromatic heterocycles. The third-order valence-corrected chi connectivity index (χ3v) is 7.59. The van der Waals surface area contributed by atoms with Crippen molar-refractivity contribution in [2.24, 2.45) is 23.7 Å². The van der Waals surface area contributed by atoms with Crippen molar-refractivity contribution < 1.29 is 28.6 Å². The first-order valence-electron chi connectivity index (χ1n) is 18.6. The molecule has 282 valence electrons. The molecule has 2 aromatic carbocycles. The van der Waals surface area contributed by atoms with E-state index in [1.54, 1.807) is 0 Å². The van der Waals surface area contributed by atoms with Crippen LogP contribution in [0.1, 0.15) is 98.6 Å². The lowest BCUT2D eigenvalue weighted by Gasteiger charge is -2.09. The second-order valence-corrected chi connectivity index (χ2v) is 14.5. The van der Waals surface area contributed by atoms with Crippen molar-refractivity contribution in [3.8, 4) is 0 Å². The first-order valence-corrected chi connectivity index (χ1v) is 18.6. The van der Waals surface area contributed by atoms with Gasteiger partial charge in [0, 0.05) is 30.8 Å². The Labute approximate surface area is 303 Å². The molecule has 0 unspecified atom stereocenters. The molecule has 0 atom stereocenters. The first-order chi connectivity index (χ1) is 23.8. The predicted molar refractivity (Wildman–Crippen MR) is 205 cm³/mol. The minimum Gasteiger partial charge on any atom is -0.379 e. The van der Waals surface area contributed by atoms with Gasteiger partial charge < -0.3 is 30.2 Å². The average molecular weight is 698 g/mol. The maximum Gasteiger partial charge on any atom is 0.243 e. The molecule has 0 aliphatic heterocycles. The summed E-state index contributed by atoms with van der Waals surface area (Å²) < 4.78 is 16.3. The quantitative estimate of drug-likeness (QED) is 0.0956. The predicted octanol–water partition coefficient (Wildman–Crippen LogP) is 8.08. The van der Waals surface area contributed by atoms with Crippen LogP contribution in [0.3, 0.4) is 0 Å². The first kappa shape index (κ1) is 44.8. The van der Waals surface area contributed by atoms with Crippen LogP contribution in [0.2, 0.25) is 0 Å². The van der Waals surface area contributed by atoms with Crippen molar-refractivity contribution in [1.29, 1.82) is 0 Å². The van der Waals surface area contributed by atoms with Crippen LogP contribution < -0.4 is 16.0 Å². The zero-order valence-corrected chi connectivity index (χ0v) is 32.3. The molecule has 0 aliphatic rings. The molecule has 0 fully saturated rings. The van der Waals surface area contributed by atoms with E-state index in [-0.39, 0.29) is 30.7 Å². The summed E-state index contributed by atoms with van der Waals surface area (Å²) in [5, 5.41) is 8.32.